The van der Waals surface area contributed by atoms with Crippen LogP contribution in [0.25, 0.3) is 0 Å². The van der Waals surface area contributed by atoms with Crippen molar-refractivity contribution in [2.75, 3.05) is 0 Å². The number of nitrogens with two attached hydrogens (primary N) is 1. The normalized spacial score (nSPS) is 11.3. The van der Waals surface area contributed by atoms with Crippen molar-refractivity contribution >= 4 is 10.0 Å². The van der Waals surface area contributed by atoms with Crippen LogP contribution in [0.4, 0.5) is 0 Å². The van der Waals surface area contributed by atoms with Gasteiger partial charge in [0.15, 0.2) is 0 Å². The van der Waals surface area contributed by atoms with Crippen molar-refractivity contribution in [1.82, 2.24) is 0 Å². The molecule has 1 rings (SSSR count). The zero-order valence-electron chi connectivity index (χ0n) is 13.1. The van der Waals surface area contributed by atoms with Crippen molar-refractivity contribution in [3.05, 3.63) is 28.8 Å². The van der Waals surface area contributed by atoms with E-state index in [-0.39, 0.29) is 69.5 Å². The maximum absolute atomic E-state index is 11.6. The van der Waals surface area contributed by atoms with E-state index in [1.165, 1.54) is 6.07 Å². The van der Waals surface area contributed by atoms with Crippen molar-refractivity contribution < 1.29 is 61.2 Å². The van der Waals surface area contributed by atoms with Crippen LogP contribution >= 0.6 is 0 Å². The summed E-state index contributed by atoms with van der Waals surface area (Å²) in [6.07, 6.45) is 0. The molecule has 0 aliphatic carbocycles. The Morgan fingerprint density at radius 2 is 1.63 bits per heavy atom. The molecule has 0 radical (unpaired) electrons. The second-order valence-corrected chi connectivity index (χ2v) is 6.47. The first kappa shape index (κ1) is 19.3. The zero-order chi connectivity index (χ0) is 14.1. The van der Waals surface area contributed by atoms with E-state index in [0.717, 1.165) is 0 Å². The van der Waals surface area contributed by atoms with Gasteiger partial charge in [-0.25, -0.2) is 13.6 Å². The van der Waals surface area contributed by atoms with Crippen LogP contribution in [0.15, 0.2) is 17.0 Å². The molecule has 0 unspecified atom stereocenters. The van der Waals surface area contributed by atoms with Gasteiger partial charge in [0.2, 0.25) is 10.0 Å². The van der Waals surface area contributed by atoms with Crippen LogP contribution < -0.4 is 56.5 Å². The Labute approximate surface area is 159 Å². The predicted molar refractivity (Wildman–Crippen MR) is 71.8 cm³/mol. The SMILES string of the molecule is CC(C)c1cc(S(N)(=O)=O)c(C(C)C)cc1C#N.[H-].[K+]. The molecular weight excluding hydrogens is 287 g/mol. The Hall–Kier alpha value is 0.256. The Kier molecular flexibility index (Phi) is 7.42. The maximum Gasteiger partial charge on any atom is 1.00 e. The van der Waals surface area contributed by atoms with Crippen molar-refractivity contribution in [2.45, 2.75) is 44.4 Å². The molecular formula is C13H19KN2O2S. The van der Waals surface area contributed by atoms with Crippen LogP contribution in [0, 0.1) is 11.3 Å². The van der Waals surface area contributed by atoms with E-state index < -0.39 is 10.0 Å². The average Bonchev–Trinajstić information content (AvgIpc) is 2.25. The van der Waals surface area contributed by atoms with E-state index >= 15 is 0 Å². The van der Waals surface area contributed by atoms with Crippen molar-refractivity contribution in [3.63, 3.8) is 0 Å². The van der Waals surface area contributed by atoms with Gasteiger partial charge in [0.05, 0.1) is 16.5 Å². The van der Waals surface area contributed by atoms with Gasteiger partial charge < -0.3 is 1.43 Å². The van der Waals surface area contributed by atoms with E-state index in [0.29, 0.717) is 16.7 Å². The Morgan fingerprint density at radius 1 is 1.16 bits per heavy atom. The molecule has 0 saturated carbocycles. The third-order valence-electron chi connectivity index (χ3n) is 2.85. The van der Waals surface area contributed by atoms with Gasteiger partial charge in [-0.05, 0) is 35.1 Å². The first-order chi connectivity index (χ1) is 8.18. The molecule has 0 amide bonds. The molecule has 0 atom stereocenters. The first-order valence-electron chi connectivity index (χ1n) is 5.79. The molecule has 0 aromatic heterocycles. The van der Waals surface area contributed by atoms with Gasteiger partial charge in [-0.1, -0.05) is 27.7 Å². The molecule has 4 nitrogen and oxygen atoms in total. The fraction of sp³-hybridized carbons (Fsp3) is 0.462. The standard InChI is InChI=1S/C13H18N2O2S.K.H/c1-8(2)11-6-13(18(15,16)17)12(9(3)4)5-10(11)7-14;;/h5-6,8-9H,1-4H3,(H2,15,16,17);;/q;+1;-1. The largest absolute Gasteiger partial charge is 1.00 e. The molecule has 0 bridgehead atoms. The molecule has 0 aliphatic heterocycles. The first-order valence-corrected chi connectivity index (χ1v) is 7.33. The summed E-state index contributed by atoms with van der Waals surface area (Å²) in [5.41, 5.74) is 1.82. The zero-order valence-corrected chi connectivity index (χ0v) is 16.0. The van der Waals surface area contributed by atoms with E-state index in [9.17, 15) is 8.42 Å². The molecule has 2 N–H and O–H groups in total. The van der Waals surface area contributed by atoms with Crippen LogP contribution in [0.1, 0.15) is 57.6 Å². The third-order valence-corrected chi connectivity index (χ3v) is 3.82. The summed E-state index contributed by atoms with van der Waals surface area (Å²) in [4.78, 5) is 0.125. The Balaban J connectivity index is 0. The Bertz CT molecular complexity index is 608. The van der Waals surface area contributed by atoms with Gasteiger partial charge in [0.25, 0.3) is 0 Å². The molecule has 100 valence electrons. The smallest absolute Gasteiger partial charge is 1.00 e. The molecule has 0 aliphatic rings. The molecule has 6 heteroatoms. The molecule has 19 heavy (non-hydrogen) atoms. The van der Waals surface area contributed by atoms with E-state index in [1.54, 1.807) is 6.07 Å². The van der Waals surface area contributed by atoms with Crippen LogP contribution in [0.5, 0.6) is 0 Å². The number of hydrogen-bond donors (Lipinski definition) is 1. The van der Waals surface area contributed by atoms with Gasteiger partial charge in [0.1, 0.15) is 0 Å². The minimum Gasteiger partial charge on any atom is -1.00 e. The topological polar surface area (TPSA) is 84.0 Å². The second-order valence-electron chi connectivity index (χ2n) is 4.94. The summed E-state index contributed by atoms with van der Waals surface area (Å²) in [7, 11) is -3.77. The predicted octanol–water partition coefficient (Wildman–Crippen LogP) is -0.431. The number of nitrogens with zero attached hydrogens (tertiary/aromatic N) is 1. The summed E-state index contributed by atoms with van der Waals surface area (Å²) in [6.45, 7) is 7.58. The van der Waals surface area contributed by atoms with E-state index in [1.807, 2.05) is 27.7 Å². The van der Waals surface area contributed by atoms with Crippen LogP contribution in [-0.4, -0.2) is 8.42 Å². The summed E-state index contributed by atoms with van der Waals surface area (Å²) in [6, 6.07) is 5.29. The monoisotopic (exact) mass is 306 g/mol. The quantitative estimate of drug-likeness (QED) is 0.769. The number of benzene rings is 1. The van der Waals surface area contributed by atoms with E-state index in [2.05, 4.69) is 6.07 Å². The van der Waals surface area contributed by atoms with Crippen molar-refractivity contribution in [1.29, 1.82) is 5.26 Å². The fourth-order valence-electron chi connectivity index (χ4n) is 1.88. The molecule has 0 heterocycles. The van der Waals surface area contributed by atoms with Crippen LogP contribution in [-0.2, 0) is 10.0 Å². The minimum atomic E-state index is -3.77. The summed E-state index contributed by atoms with van der Waals surface area (Å²) < 4.78 is 23.3. The number of hydrogen-bond acceptors (Lipinski definition) is 3. The van der Waals surface area contributed by atoms with E-state index in [4.69, 9.17) is 10.4 Å². The number of primary sulfonamides is 1. The van der Waals surface area contributed by atoms with Crippen molar-refractivity contribution in [2.24, 2.45) is 5.14 Å². The van der Waals surface area contributed by atoms with Gasteiger partial charge in [0, 0.05) is 0 Å². The number of nitriles is 1. The second kappa shape index (κ2) is 7.32. The summed E-state index contributed by atoms with van der Waals surface area (Å²) in [5.74, 6) is 0.0630. The maximum atomic E-state index is 11.6. The molecule has 1 aromatic rings. The molecule has 0 spiro atoms. The van der Waals surface area contributed by atoms with Gasteiger partial charge in [-0.15, -0.1) is 0 Å². The van der Waals surface area contributed by atoms with Crippen LogP contribution in [0.3, 0.4) is 0 Å². The number of sulfonamides is 1. The minimum absolute atomic E-state index is 0. The van der Waals surface area contributed by atoms with Gasteiger partial charge in [-0.2, -0.15) is 5.26 Å². The number of rotatable bonds is 3. The summed E-state index contributed by atoms with van der Waals surface area (Å²) in [5, 5.41) is 14.4. The average molecular weight is 306 g/mol. The molecule has 0 saturated heterocycles. The molecule has 1 aromatic carbocycles. The fourth-order valence-corrected chi connectivity index (χ4v) is 2.80. The third kappa shape index (κ3) is 4.64. The van der Waals surface area contributed by atoms with Gasteiger partial charge in [-0.3, -0.25) is 0 Å². The molecule has 0 fully saturated rings. The van der Waals surface area contributed by atoms with Crippen LogP contribution in [0.2, 0.25) is 0 Å². The Morgan fingerprint density at radius 3 is 1.95 bits per heavy atom. The van der Waals surface area contributed by atoms with Crippen molar-refractivity contribution in [3.8, 4) is 6.07 Å². The van der Waals surface area contributed by atoms with Gasteiger partial charge >= 0.3 is 51.4 Å². The summed E-state index contributed by atoms with van der Waals surface area (Å²) >= 11 is 0.